The molecule has 0 radical (unpaired) electrons. The van der Waals surface area contributed by atoms with E-state index < -0.39 is 28.9 Å². The summed E-state index contributed by atoms with van der Waals surface area (Å²) in [4.78, 5) is 16.2. The minimum Gasteiger partial charge on any atom is -0.320 e. The fourth-order valence-corrected chi connectivity index (χ4v) is 2.13. The number of aromatic nitrogens is 1. The van der Waals surface area contributed by atoms with E-state index in [4.69, 9.17) is 5.73 Å². The first-order valence-corrected chi connectivity index (χ1v) is 6.43. The fraction of sp³-hybridized carbons (Fsp3) is 0.0769. The molecule has 0 fully saturated rings. The lowest BCUT2D eigenvalue weighted by molar-refractivity contribution is 0.101. The Kier molecular flexibility index (Phi) is 4.57. The summed E-state index contributed by atoms with van der Waals surface area (Å²) in [6, 6.07) is 0.857. The standard InChI is InChI=1S/C13H8F3N3OS/c14-7-4-9(15)11(10(16)5-7)12(20)19-13-18-6-8(21-13)2-1-3-17/h4-6H,3,17H2,(H,18,19,20). The highest BCUT2D eigenvalue weighted by Gasteiger charge is 2.20. The maximum atomic E-state index is 13.4. The van der Waals surface area contributed by atoms with Crippen LogP contribution in [0.1, 0.15) is 15.2 Å². The topological polar surface area (TPSA) is 68.0 Å². The number of benzene rings is 1. The lowest BCUT2D eigenvalue weighted by atomic mass is 10.2. The van der Waals surface area contributed by atoms with Crippen molar-refractivity contribution in [3.8, 4) is 11.8 Å². The molecule has 1 aromatic carbocycles. The summed E-state index contributed by atoms with van der Waals surface area (Å²) in [7, 11) is 0. The van der Waals surface area contributed by atoms with Gasteiger partial charge in [-0.3, -0.25) is 10.1 Å². The van der Waals surface area contributed by atoms with Crippen molar-refractivity contribution in [3.05, 3.63) is 46.2 Å². The summed E-state index contributed by atoms with van der Waals surface area (Å²) in [6.07, 6.45) is 1.39. The van der Waals surface area contributed by atoms with E-state index in [1.165, 1.54) is 6.20 Å². The normalized spacial score (nSPS) is 9.90. The van der Waals surface area contributed by atoms with Gasteiger partial charge in [-0.15, -0.1) is 0 Å². The third-order valence-electron chi connectivity index (χ3n) is 2.27. The molecule has 0 aliphatic heterocycles. The van der Waals surface area contributed by atoms with Crippen LogP contribution in [0.2, 0.25) is 0 Å². The Morgan fingerprint density at radius 2 is 2.00 bits per heavy atom. The molecule has 108 valence electrons. The highest BCUT2D eigenvalue weighted by Crippen LogP contribution is 2.20. The van der Waals surface area contributed by atoms with E-state index in [0.29, 0.717) is 17.0 Å². The molecule has 0 aliphatic carbocycles. The van der Waals surface area contributed by atoms with Crippen LogP contribution in [-0.4, -0.2) is 17.4 Å². The molecule has 1 heterocycles. The van der Waals surface area contributed by atoms with E-state index in [-0.39, 0.29) is 11.7 Å². The second kappa shape index (κ2) is 6.39. The van der Waals surface area contributed by atoms with Crippen molar-refractivity contribution >= 4 is 22.4 Å². The van der Waals surface area contributed by atoms with Crippen molar-refractivity contribution in [2.75, 3.05) is 11.9 Å². The number of amides is 1. The van der Waals surface area contributed by atoms with E-state index in [1.54, 1.807) is 0 Å². The molecule has 4 nitrogen and oxygen atoms in total. The summed E-state index contributed by atoms with van der Waals surface area (Å²) < 4.78 is 39.7. The summed E-state index contributed by atoms with van der Waals surface area (Å²) in [6.45, 7) is 0.172. The number of nitrogens with zero attached hydrogens (tertiary/aromatic N) is 1. The second-order valence-corrected chi connectivity index (χ2v) is 4.76. The van der Waals surface area contributed by atoms with Gasteiger partial charge in [0.15, 0.2) is 5.13 Å². The van der Waals surface area contributed by atoms with Crippen LogP contribution in [0.5, 0.6) is 0 Å². The van der Waals surface area contributed by atoms with Crippen LogP contribution < -0.4 is 11.1 Å². The van der Waals surface area contributed by atoms with Crippen LogP contribution >= 0.6 is 11.3 Å². The first-order valence-electron chi connectivity index (χ1n) is 5.62. The van der Waals surface area contributed by atoms with Crippen molar-refractivity contribution in [3.63, 3.8) is 0 Å². The molecule has 1 aromatic heterocycles. The number of carbonyl (C=O) groups excluding carboxylic acids is 1. The predicted octanol–water partition coefficient (Wildman–Crippen LogP) is 2.12. The number of nitrogens with one attached hydrogen (secondary N) is 1. The van der Waals surface area contributed by atoms with E-state index in [2.05, 4.69) is 22.1 Å². The summed E-state index contributed by atoms with van der Waals surface area (Å²) in [5, 5.41) is 2.34. The number of hydrogen-bond donors (Lipinski definition) is 2. The molecule has 2 aromatic rings. The van der Waals surface area contributed by atoms with E-state index in [9.17, 15) is 18.0 Å². The third-order valence-corrected chi connectivity index (χ3v) is 3.10. The van der Waals surface area contributed by atoms with Crippen molar-refractivity contribution < 1.29 is 18.0 Å². The lowest BCUT2D eigenvalue weighted by Gasteiger charge is -2.04. The Labute approximate surface area is 121 Å². The Bertz CT molecular complexity index is 726. The van der Waals surface area contributed by atoms with Crippen molar-refractivity contribution in [1.29, 1.82) is 0 Å². The van der Waals surface area contributed by atoms with E-state index in [0.717, 1.165) is 11.3 Å². The van der Waals surface area contributed by atoms with Crippen LogP contribution in [0.25, 0.3) is 0 Å². The lowest BCUT2D eigenvalue weighted by Crippen LogP contribution is -2.16. The molecule has 0 spiro atoms. The Balaban J connectivity index is 2.20. The maximum Gasteiger partial charge on any atom is 0.263 e. The minimum absolute atomic E-state index is 0.115. The minimum atomic E-state index is -1.29. The molecule has 1 amide bonds. The van der Waals surface area contributed by atoms with Crippen molar-refractivity contribution in [2.24, 2.45) is 5.73 Å². The van der Waals surface area contributed by atoms with Gasteiger partial charge in [0.05, 0.1) is 17.6 Å². The molecular weight excluding hydrogens is 303 g/mol. The zero-order valence-electron chi connectivity index (χ0n) is 10.4. The quantitative estimate of drug-likeness (QED) is 0.835. The van der Waals surface area contributed by atoms with Gasteiger partial charge in [-0.25, -0.2) is 18.2 Å². The number of anilines is 1. The largest absolute Gasteiger partial charge is 0.320 e. The van der Waals surface area contributed by atoms with Gasteiger partial charge in [0.1, 0.15) is 23.0 Å². The monoisotopic (exact) mass is 311 g/mol. The highest BCUT2D eigenvalue weighted by atomic mass is 32.1. The number of nitrogens with two attached hydrogens (primary N) is 1. The average molecular weight is 311 g/mol. The van der Waals surface area contributed by atoms with Gasteiger partial charge < -0.3 is 5.73 Å². The molecule has 0 bridgehead atoms. The van der Waals surface area contributed by atoms with Gasteiger partial charge in [-0.1, -0.05) is 23.2 Å². The highest BCUT2D eigenvalue weighted by molar-refractivity contribution is 7.16. The average Bonchev–Trinajstić information content (AvgIpc) is 2.82. The first-order chi connectivity index (χ1) is 10.0. The van der Waals surface area contributed by atoms with Gasteiger partial charge in [0.2, 0.25) is 0 Å². The number of halogens is 3. The van der Waals surface area contributed by atoms with Crippen LogP contribution in [0.15, 0.2) is 18.3 Å². The first kappa shape index (κ1) is 15.0. The van der Waals surface area contributed by atoms with E-state index in [1.807, 2.05) is 0 Å². The van der Waals surface area contributed by atoms with Gasteiger partial charge in [0.25, 0.3) is 5.91 Å². The molecule has 8 heteroatoms. The second-order valence-electron chi connectivity index (χ2n) is 3.73. The van der Waals surface area contributed by atoms with Gasteiger partial charge in [-0.05, 0) is 0 Å². The number of thiazole rings is 1. The van der Waals surface area contributed by atoms with E-state index >= 15 is 0 Å². The molecule has 0 unspecified atom stereocenters. The Morgan fingerprint density at radius 1 is 1.33 bits per heavy atom. The van der Waals surface area contributed by atoms with Crippen LogP contribution in [0, 0.1) is 29.3 Å². The molecule has 3 N–H and O–H groups in total. The Morgan fingerprint density at radius 3 is 2.62 bits per heavy atom. The predicted molar refractivity (Wildman–Crippen MR) is 72.3 cm³/mol. The van der Waals surface area contributed by atoms with Crippen LogP contribution in [-0.2, 0) is 0 Å². The van der Waals surface area contributed by atoms with Crippen LogP contribution in [0.4, 0.5) is 18.3 Å². The molecule has 0 aliphatic rings. The van der Waals surface area contributed by atoms with Gasteiger partial charge in [0, 0.05) is 12.1 Å². The molecule has 0 atom stereocenters. The summed E-state index contributed by atoms with van der Waals surface area (Å²) in [5.41, 5.74) is 4.34. The zero-order valence-corrected chi connectivity index (χ0v) is 11.2. The van der Waals surface area contributed by atoms with Crippen LogP contribution in [0.3, 0.4) is 0 Å². The number of rotatable bonds is 2. The molecule has 21 heavy (non-hydrogen) atoms. The smallest absolute Gasteiger partial charge is 0.263 e. The van der Waals surface area contributed by atoms with Crippen molar-refractivity contribution in [1.82, 2.24) is 4.98 Å². The van der Waals surface area contributed by atoms with Crippen molar-refractivity contribution in [2.45, 2.75) is 0 Å². The molecular formula is C13H8F3N3OS. The Hall–Kier alpha value is -2.37. The number of hydrogen-bond acceptors (Lipinski definition) is 4. The third kappa shape index (κ3) is 3.59. The molecule has 2 rings (SSSR count). The molecule has 0 saturated carbocycles. The van der Waals surface area contributed by atoms with Gasteiger partial charge >= 0.3 is 0 Å². The SMILES string of the molecule is NCC#Cc1cnc(NC(=O)c2c(F)cc(F)cc2F)s1. The maximum absolute atomic E-state index is 13.4. The zero-order chi connectivity index (χ0) is 15.4. The summed E-state index contributed by atoms with van der Waals surface area (Å²) >= 11 is 1.02. The molecule has 0 saturated heterocycles. The van der Waals surface area contributed by atoms with Gasteiger partial charge in [-0.2, -0.15) is 0 Å². The number of carbonyl (C=O) groups is 1. The summed E-state index contributed by atoms with van der Waals surface area (Å²) in [5.74, 6) is 0.567. The fourth-order valence-electron chi connectivity index (χ4n) is 1.45.